The Bertz CT molecular complexity index is 404. The van der Waals surface area contributed by atoms with Crippen LogP contribution in [-0.2, 0) is 6.54 Å². The van der Waals surface area contributed by atoms with Gasteiger partial charge >= 0.3 is 0 Å². The van der Waals surface area contributed by atoms with Crippen molar-refractivity contribution in [3.8, 4) is 0 Å². The average Bonchev–Trinajstić information content (AvgIpc) is 2.35. The van der Waals surface area contributed by atoms with Gasteiger partial charge in [0.15, 0.2) is 0 Å². The SMILES string of the molecule is CC(CCC(C)(C)C)NC(=O)c1ccc(CN)cc1. The standard InChI is InChI=1S/C16H26N2O/c1-12(9-10-16(2,3)4)18-15(19)14-7-5-13(11-17)6-8-14/h5-8,12H,9-11,17H2,1-4H3,(H,18,19). The lowest BCUT2D eigenvalue weighted by molar-refractivity contribution is 0.0935. The summed E-state index contributed by atoms with van der Waals surface area (Å²) in [6.45, 7) is 9.20. The molecule has 0 aliphatic heterocycles. The molecule has 0 aliphatic carbocycles. The number of carbonyl (C=O) groups is 1. The summed E-state index contributed by atoms with van der Waals surface area (Å²) in [5.74, 6) is -0.00928. The van der Waals surface area contributed by atoms with Crippen LogP contribution in [0.3, 0.4) is 0 Å². The first-order valence-corrected chi connectivity index (χ1v) is 6.92. The van der Waals surface area contributed by atoms with E-state index in [4.69, 9.17) is 5.73 Å². The molecule has 0 spiro atoms. The number of benzene rings is 1. The molecule has 1 aromatic carbocycles. The number of carbonyl (C=O) groups excluding carboxylic acids is 1. The first-order chi connectivity index (χ1) is 8.81. The molecule has 0 aromatic heterocycles. The van der Waals surface area contributed by atoms with E-state index in [9.17, 15) is 4.79 Å². The molecule has 3 nitrogen and oxygen atoms in total. The van der Waals surface area contributed by atoms with Crippen molar-refractivity contribution < 1.29 is 4.79 Å². The summed E-state index contributed by atoms with van der Waals surface area (Å²) in [7, 11) is 0. The summed E-state index contributed by atoms with van der Waals surface area (Å²) in [6, 6.07) is 7.65. The van der Waals surface area contributed by atoms with Crippen LogP contribution >= 0.6 is 0 Å². The van der Waals surface area contributed by atoms with Gasteiger partial charge in [-0.2, -0.15) is 0 Å². The molecule has 0 aliphatic rings. The van der Waals surface area contributed by atoms with E-state index in [-0.39, 0.29) is 11.9 Å². The summed E-state index contributed by atoms with van der Waals surface area (Å²) in [5.41, 5.74) is 7.58. The van der Waals surface area contributed by atoms with Gasteiger partial charge in [0.1, 0.15) is 0 Å². The predicted octanol–water partition coefficient (Wildman–Crippen LogP) is 3.09. The first kappa shape index (κ1) is 15.7. The van der Waals surface area contributed by atoms with Crippen LogP contribution in [0.15, 0.2) is 24.3 Å². The minimum absolute atomic E-state index is 0.00928. The third kappa shape index (κ3) is 5.88. The molecule has 0 fully saturated rings. The minimum Gasteiger partial charge on any atom is -0.350 e. The molecule has 106 valence electrons. The average molecular weight is 262 g/mol. The van der Waals surface area contributed by atoms with Gasteiger partial charge in [0.2, 0.25) is 0 Å². The lowest BCUT2D eigenvalue weighted by Crippen LogP contribution is -2.33. The Hall–Kier alpha value is -1.35. The summed E-state index contributed by atoms with van der Waals surface area (Å²) in [5, 5.41) is 3.04. The monoisotopic (exact) mass is 262 g/mol. The van der Waals surface area contributed by atoms with E-state index in [0.29, 0.717) is 17.5 Å². The van der Waals surface area contributed by atoms with E-state index >= 15 is 0 Å². The zero-order valence-corrected chi connectivity index (χ0v) is 12.5. The Balaban J connectivity index is 2.49. The zero-order valence-electron chi connectivity index (χ0n) is 12.5. The fraction of sp³-hybridized carbons (Fsp3) is 0.562. The molecule has 0 saturated carbocycles. The maximum atomic E-state index is 12.0. The molecule has 0 radical (unpaired) electrons. The van der Waals surface area contributed by atoms with Gasteiger partial charge in [-0.25, -0.2) is 0 Å². The van der Waals surface area contributed by atoms with Crippen molar-refractivity contribution in [2.75, 3.05) is 0 Å². The fourth-order valence-corrected chi connectivity index (χ4v) is 1.82. The summed E-state index contributed by atoms with van der Waals surface area (Å²) in [4.78, 5) is 12.0. The van der Waals surface area contributed by atoms with Crippen molar-refractivity contribution in [2.24, 2.45) is 11.1 Å². The number of nitrogens with one attached hydrogen (secondary N) is 1. The highest BCUT2D eigenvalue weighted by molar-refractivity contribution is 5.94. The lowest BCUT2D eigenvalue weighted by atomic mass is 9.89. The molecular formula is C16H26N2O. The van der Waals surface area contributed by atoms with Crippen molar-refractivity contribution in [1.29, 1.82) is 0 Å². The maximum Gasteiger partial charge on any atom is 0.251 e. The molecule has 1 amide bonds. The molecule has 0 saturated heterocycles. The largest absolute Gasteiger partial charge is 0.350 e. The van der Waals surface area contributed by atoms with Crippen LogP contribution in [-0.4, -0.2) is 11.9 Å². The molecule has 3 heteroatoms. The van der Waals surface area contributed by atoms with Gasteiger partial charge in [0.05, 0.1) is 0 Å². The van der Waals surface area contributed by atoms with Crippen molar-refractivity contribution in [3.63, 3.8) is 0 Å². The number of amides is 1. The van der Waals surface area contributed by atoms with Crippen LogP contribution < -0.4 is 11.1 Å². The van der Waals surface area contributed by atoms with Gasteiger partial charge in [0.25, 0.3) is 5.91 Å². The second-order valence-electron chi connectivity index (χ2n) is 6.37. The van der Waals surface area contributed by atoms with Crippen LogP contribution in [0.25, 0.3) is 0 Å². The fourth-order valence-electron chi connectivity index (χ4n) is 1.82. The van der Waals surface area contributed by atoms with E-state index in [0.717, 1.165) is 18.4 Å². The maximum absolute atomic E-state index is 12.0. The molecule has 1 rings (SSSR count). The molecule has 19 heavy (non-hydrogen) atoms. The molecule has 0 heterocycles. The van der Waals surface area contributed by atoms with Crippen molar-refractivity contribution >= 4 is 5.91 Å². The van der Waals surface area contributed by atoms with Gasteiger partial charge in [-0.05, 0) is 42.9 Å². The number of hydrogen-bond acceptors (Lipinski definition) is 2. The lowest BCUT2D eigenvalue weighted by Gasteiger charge is -2.21. The number of nitrogens with two attached hydrogens (primary N) is 1. The highest BCUT2D eigenvalue weighted by Crippen LogP contribution is 2.21. The molecule has 1 atom stereocenters. The summed E-state index contributed by atoms with van der Waals surface area (Å²) < 4.78 is 0. The van der Waals surface area contributed by atoms with E-state index < -0.39 is 0 Å². The third-order valence-electron chi connectivity index (χ3n) is 3.16. The molecule has 1 aromatic rings. The smallest absolute Gasteiger partial charge is 0.251 e. The normalized spacial score (nSPS) is 13.1. The Morgan fingerprint density at radius 1 is 1.26 bits per heavy atom. The van der Waals surface area contributed by atoms with Gasteiger partial charge < -0.3 is 11.1 Å². The van der Waals surface area contributed by atoms with Crippen molar-refractivity contribution in [3.05, 3.63) is 35.4 Å². The molecular weight excluding hydrogens is 236 g/mol. The highest BCUT2D eigenvalue weighted by Gasteiger charge is 2.14. The molecule has 0 bridgehead atoms. The number of hydrogen-bond donors (Lipinski definition) is 2. The quantitative estimate of drug-likeness (QED) is 0.856. The van der Waals surface area contributed by atoms with Crippen molar-refractivity contribution in [2.45, 2.75) is 53.1 Å². The van der Waals surface area contributed by atoms with E-state index in [2.05, 4.69) is 33.0 Å². The summed E-state index contributed by atoms with van der Waals surface area (Å²) in [6.07, 6.45) is 2.09. The van der Waals surface area contributed by atoms with Gasteiger partial charge in [0, 0.05) is 18.2 Å². The van der Waals surface area contributed by atoms with Crippen molar-refractivity contribution in [1.82, 2.24) is 5.32 Å². The van der Waals surface area contributed by atoms with Gasteiger partial charge in [-0.1, -0.05) is 32.9 Å². The third-order valence-corrected chi connectivity index (χ3v) is 3.16. The topological polar surface area (TPSA) is 55.1 Å². The Morgan fingerprint density at radius 3 is 2.32 bits per heavy atom. The Morgan fingerprint density at radius 2 is 1.84 bits per heavy atom. The van der Waals surface area contributed by atoms with E-state index in [1.54, 1.807) is 0 Å². The van der Waals surface area contributed by atoms with Gasteiger partial charge in [-0.15, -0.1) is 0 Å². The van der Waals surface area contributed by atoms with Gasteiger partial charge in [-0.3, -0.25) is 4.79 Å². The van der Waals surface area contributed by atoms with Crippen LogP contribution in [0.5, 0.6) is 0 Å². The predicted molar refractivity (Wildman–Crippen MR) is 80.0 cm³/mol. The van der Waals surface area contributed by atoms with E-state index in [1.807, 2.05) is 24.3 Å². The van der Waals surface area contributed by atoms with Crippen LogP contribution in [0.2, 0.25) is 0 Å². The number of rotatable bonds is 5. The van der Waals surface area contributed by atoms with Crippen LogP contribution in [0.1, 0.15) is 56.5 Å². The first-order valence-electron chi connectivity index (χ1n) is 6.92. The Labute approximate surface area is 116 Å². The minimum atomic E-state index is -0.00928. The van der Waals surface area contributed by atoms with Crippen LogP contribution in [0, 0.1) is 5.41 Å². The Kier molecular flexibility index (Phi) is 5.55. The summed E-state index contributed by atoms with van der Waals surface area (Å²) >= 11 is 0. The van der Waals surface area contributed by atoms with E-state index in [1.165, 1.54) is 0 Å². The second kappa shape index (κ2) is 6.71. The zero-order chi connectivity index (χ0) is 14.5. The van der Waals surface area contributed by atoms with Crippen LogP contribution in [0.4, 0.5) is 0 Å². The molecule has 1 unspecified atom stereocenters. The molecule has 3 N–H and O–H groups in total. The second-order valence-corrected chi connectivity index (χ2v) is 6.37. The highest BCUT2D eigenvalue weighted by atomic mass is 16.1.